The normalized spacial score (nSPS) is 13.5. The molecule has 0 atom stereocenters. The number of amides is 1. The van der Waals surface area contributed by atoms with Gasteiger partial charge in [0.05, 0.1) is 13.1 Å². The maximum atomic E-state index is 12.0. The van der Waals surface area contributed by atoms with Gasteiger partial charge in [0.15, 0.2) is 5.96 Å². The molecular formula is C14H21IN4O. The van der Waals surface area contributed by atoms with Gasteiger partial charge in [-0.2, -0.15) is 0 Å². The van der Waals surface area contributed by atoms with E-state index in [0.717, 1.165) is 24.6 Å². The van der Waals surface area contributed by atoms with Crippen LogP contribution in [0.4, 0.5) is 0 Å². The Morgan fingerprint density at radius 3 is 2.70 bits per heavy atom. The molecule has 2 rings (SSSR count). The van der Waals surface area contributed by atoms with Crippen LogP contribution in [-0.2, 0) is 11.3 Å². The molecule has 0 bridgehead atoms. The Labute approximate surface area is 137 Å². The maximum absolute atomic E-state index is 12.0. The molecule has 5 nitrogen and oxygen atoms in total. The molecule has 1 aromatic rings. The predicted molar refractivity (Wildman–Crippen MR) is 91.3 cm³/mol. The third-order valence-corrected chi connectivity index (χ3v) is 3.14. The molecule has 110 valence electrons. The molecule has 0 aliphatic carbocycles. The van der Waals surface area contributed by atoms with Gasteiger partial charge in [0.1, 0.15) is 0 Å². The van der Waals surface area contributed by atoms with Crippen LogP contribution in [0.5, 0.6) is 0 Å². The Bertz CT molecular complexity index is 464. The molecule has 1 aliphatic heterocycles. The summed E-state index contributed by atoms with van der Waals surface area (Å²) in [5.41, 5.74) is 1.13. The fourth-order valence-corrected chi connectivity index (χ4v) is 1.96. The standard InChI is InChI=1S/C14H20N4O.HI/c1-17-9-8-15-14(17)16-10-13(19)18(2)11-12-6-4-3-5-7-12;/h3-7H,8-11H2,1-2H3,(H,15,16);1H. The smallest absolute Gasteiger partial charge is 0.242 e. The van der Waals surface area contributed by atoms with E-state index >= 15 is 0 Å². The van der Waals surface area contributed by atoms with Crippen LogP contribution in [0.3, 0.4) is 0 Å². The number of hydrogen-bond donors (Lipinski definition) is 1. The van der Waals surface area contributed by atoms with Crippen molar-refractivity contribution in [3.8, 4) is 0 Å². The zero-order chi connectivity index (χ0) is 13.7. The van der Waals surface area contributed by atoms with Crippen LogP contribution in [0, 0.1) is 0 Å². The molecule has 0 saturated heterocycles. The van der Waals surface area contributed by atoms with Crippen molar-refractivity contribution in [3.63, 3.8) is 0 Å². The molecule has 0 saturated carbocycles. The first-order valence-electron chi connectivity index (χ1n) is 6.44. The van der Waals surface area contributed by atoms with Gasteiger partial charge in [-0.3, -0.25) is 9.79 Å². The van der Waals surface area contributed by atoms with Crippen LogP contribution in [0.15, 0.2) is 35.3 Å². The second-order valence-electron chi connectivity index (χ2n) is 4.72. The number of hydrogen-bond acceptors (Lipinski definition) is 4. The van der Waals surface area contributed by atoms with Gasteiger partial charge in [-0.25, -0.2) is 0 Å². The Kier molecular flexibility index (Phi) is 6.77. The number of carbonyl (C=O) groups excluding carboxylic acids is 1. The molecule has 20 heavy (non-hydrogen) atoms. The highest BCUT2D eigenvalue weighted by Crippen LogP contribution is 2.02. The van der Waals surface area contributed by atoms with Crippen molar-refractivity contribution >= 4 is 35.8 Å². The summed E-state index contributed by atoms with van der Waals surface area (Å²) in [7, 11) is 3.79. The highest BCUT2D eigenvalue weighted by molar-refractivity contribution is 14.0. The van der Waals surface area contributed by atoms with Gasteiger partial charge in [-0.1, -0.05) is 30.3 Å². The average Bonchev–Trinajstić information content (AvgIpc) is 2.82. The molecule has 0 aromatic heterocycles. The van der Waals surface area contributed by atoms with E-state index in [4.69, 9.17) is 0 Å². The minimum absolute atomic E-state index is 0. The molecule has 1 aliphatic rings. The van der Waals surface area contributed by atoms with Gasteiger partial charge in [0, 0.05) is 27.2 Å². The first-order chi connectivity index (χ1) is 9.16. The van der Waals surface area contributed by atoms with Crippen LogP contribution >= 0.6 is 24.0 Å². The Morgan fingerprint density at radius 2 is 2.10 bits per heavy atom. The first-order valence-corrected chi connectivity index (χ1v) is 6.44. The predicted octanol–water partition coefficient (Wildman–Crippen LogP) is 1.15. The molecule has 0 fully saturated rings. The molecule has 1 amide bonds. The van der Waals surface area contributed by atoms with Gasteiger partial charge in [0.2, 0.25) is 5.91 Å². The number of likely N-dealkylation sites (N-methyl/N-ethyl adjacent to an activating group) is 2. The fraction of sp³-hybridized carbons (Fsp3) is 0.429. The van der Waals surface area contributed by atoms with Crippen LogP contribution in [-0.4, -0.2) is 55.4 Å². The summed E-state index contributed by atoms with van der Waals surface area (Å²) in [5, 5.41) is 3.08. The van der Waals surface area contributed by atoms with Gasteiger partial charge in [0.25, 0.3) is 0 Å². The van der Waals surface area contributed by atoms with Crippen molar-refractivity contribution in [2.24, 2.45) is 4.99 Å². The summed E-state index contributed by atoms with van der Waals surface area (Å²) in [6.45, 7) is 2.62. The number of halogens is 1. The molecule has 6 heteroatoms. The van der Waals surface area contributed by atoms with E-state index in [0.29, 0.717) is 6.54 Å². The molecule has 1 heterocycles. The quantitative estimate of drug-likeness (QED) is 0.788. The first kappa shape index (κ1) is 16.7. The zero-order valence-electron chi connectivity index (χ0n) is 11.9. The lowest BCUT2D eigenvalue weighted by atomic mass is 10.2. The second kappa shape index (κ2) is 8.08. The van der Waals surface area contributed by atoms with E-state index in [1.165, 1.54) is 0 Å². The number of carbonyl (C=O) groups is 1. The number of benzene rings is 1. The van der Waals surface area contributed by atoms with Gasteiger partial charge in [-0.15, -0.1) is 24.0 Å². The van der Waals surface area contributed by atoms with Crippen molar-refractivity contribution in [1.29, 1.82) is 0 Å². The number of guanidine groups is 1. The Balaban J connectivity index is 0.00000200. The molecule has 0 radical (unpaired) electrons. The van der Waals surface area contributed by atoms with E-state index in [-0.39, 0.29) is 36.4 Å². The van der Waals surface area contributed by atoms with E-state index in [1.807, 2.05) is 49.3 Å². The number of nitrogens with one attached hydrogen (secondary N) is 1. The molecule has 0 unspecified atom stereocenters. The summed E-state index contributed by atoms with van der Waals surface area (Å²) in [6, 6.07) is 9.97. The largest absolute Gasteiger partial charge is 0.347 e. The lowest BCUT2D eigenvalue weighted by Crippen LogP contribution is -2.42. The van der Waals surface area contributed by atoms with Crippen LogP contribution in [0.25, 0.3) is 0 Å². The number of nitrogens with zero attached hydrogens (tertiary/aromatic N) is 3. The molecule has 0 spiro atoms. The minimum atomic E-state index is 0. The lowest BCUT2D eigenvalue weighted by Gasteiger charge is -2.19. The highest BCUT2D eigenvalue weighted by atomic mass is 127. The Morgan fingerprint density at radius 1 is 1.40 bits per heavy atom. The summed E-state index contributed by atoms with van der Waals surface area (Å²) in [5.74, 6) is 0.869. The van der Waals surface area contributed by atoms with E-state index in [9.17, 15) is 4.79 Å². The maximum Gasteiger partial charge on any atom is 0.242 e. The number of rotatable bonds is 4. The Hall–Kier alpha value is -1.31. The second-order valence-corrected chi connectivity index (χ2v) is 4.72. The van der Waals surface area contributed by atoms with Crippen molar-refractivity contribution in [2.45, 2.75) is 6.54 Å². The minimum Gasteiger partial charge on any atom is -0.347 e. The molecule has 1 aromatic carbocycles. The zero-order valence-corrected chi connectivity index (χ0v) is 14.2. The fourth-order valence-electron chi connectivity index (χ4n) is 1.96. The lowest BCUT2D eigenvalue weighted by molar-refractivity contribution is -0.129. The summed E-state index contributed by atoms with van der Waals surface area (Å²) in [4.78, 5) is 20.0. The third kappa shape index (κ3) is 4.66. The average molecular weight is 388 g/mol. The van der Waals surface area contributed by atoms with Crippen molar-refractivity contribution in [3.05, 3.63) is 35.9 Å². The summed E-state index contributed by atoms with van der Waals surface area (Å²) in [6.07, 6.45) is 0. The molecule has 1 N–H and O–H groups in total. The van der Waals surface area contributed by atoms with Crippen molar-refractivity contribution < 1.29 is 4.79 Å². The van der Waals surface area contributed by atoms with Crippen LogP contribution < -0.4 is 5.32 Å². The summed E-state index contributed by atoms with van der Waals surface area (Å²) < 4.78 is 0. The summed E-state index contributed by atoms with van der Waals surface area (Å²) >= 11 is 0. The van der Waals surface area contributed by atoms with E-state index in [1.54, 1.807) is 4.90 Å². The SMILES string of the molecule is CN(Cc1ccccc1)C(=O)CNC1=NCCN1C.I. The number of aliphatic imine (C=N–C) groups is 1. The van der Waals surface area contributed by atoms with E-state index < -0.39 is 0 Å². The molecular weight excluding hydrogens is 367 g/mol. The topological polar surface area (TPSA) is 47.9 Å². The monoisotopic (exact) mass is 388 g/mol. The van der Waals surface area contributed by atoms with Crippen molar-refractivity contribution in [2.75, 3.05) is 33.7 Å². The third-order valence-electron chi connectivity index (χ3n) is 3.14. The van der Waals surface area contributed by atoms with Gasteiger partial charge >= 0.3 is 0 Å². The highest BCUT2D eigenvalue weighted by Gasteiger charge is 2.14. The van der Waals surface area contributed by atoms with Crippen LogP contribution in [0.1, 0.15) is 5.56 Å². The van der Waals surface area contributed by atoms with Gasteiger partial charge in [-0.05, 0) is 5.56 Å². The van der Waals surface area contributed by atoms with Gasteiger partial charge < -0.3 is 15.1 Å². The van der Waals surface area contributed by atoms with Crippen LogP contribution in [0.2, 0.25) is 0 Å². The van der Waals surface area contributed by atoms with E-state index in [2.05, 4.69) is 10.3 Å². The van der Waals surface area contributed by atoms with Crippen molar-refractivity contribution in [1.82, 2.24) is 15.1 Å².